The van der Waals surface area contributed by atoms with Gasteiger partial charge in [0.1, 0.15) is 0 Å². The summed E-state index contributed by atoms with van der Waals surface area (Å²) in [6.45, 7) is 0. The maximum atomic E-state index is 8.92. The number of ether oxygens (including phenoxy) is 2. The first-order valence-corrected chi connectivity index (χ1v) is 7.19. The van der Waals surface area contributed by atoms with Crippen LogP contribution in [0.5, 0.6) is 11.5 Å². The monoisotopic (exact) mass is 299 g/mol. The fourth-order valence-corrected chi connectivity index (χ4v) is 3.16. The van der Waals surface area contributed by atoms with Crippen LogP contribution in [-0.2, 0) is 6.42 Å². The van der Waals surface area contributed by atoms with Gasteiger partial charge in [-0.15, -0.1) is 11.3 Å². The summed E-state index contributed by atoms with van der Waals surface area (Å²) in [5.74, 6) is 1.37. The highest BCUT2D eigenvalue weighted by Gasteiger charge is 2.13. The molecule has 3 aromatic rings. The van der Waals surface area contributed by atoms with Gasteiger partial charge in [-0.3, -0.25) is 4.40 Å². The molecule has 0 fully saturated rings. The molecule has 0 radical (unpaired) electrons. The van der Waals surface area contributed by atoms with Crippen molar-refractivity contribution >= 4 is 16.3 Å². The van der Waals surface area contributed by atoms with Crippen molar-refractivity contribution in [3.8, 4) is 28.8 Å². The number of hydrogen-bond acceptors (Lipinski definition) is 5. The van der Waals surface area contributed by atoms with E-state index in [1.807, 2.05) is 28.0 Å². The Morgan fingerprint density at radius 2 is 2.10 bits per heavy atom. The van der Waals surface area contributed by atoms with Crippen molar-refractivity contribution in [2.24, 2.45) is 0 Å². The Bertz CT molecular complexity index is 829. The molecule has 2 heterocycles. The Kier molecular flexibility index (Phi) is 3.50. The third-order valence-electron chi connectivity index (χ3n) is 3.26. The van der Waals surface area contributed by atoms with Crippen LogP contribution in [0.3, 0.4) is 0 Å². The zero-order valence-corrected chi connectivity index (χ0v) is 12.5. The SMILES string of the molecule is COc1ccc(-c2csc3ncc(CC#N)n23)cc1OC. The van der Waals surface area contributed by atoms with Gasteiger partial charge in [-0.1, -0.05) is 0 Å². The molecule has 0 N–H and O–H groups in total. The number of imidazole rings is 1. The molecule has 21 heavy (non-hydrogen) atoms. The summed E-state index contributed by atoms with van der Waals surface area (Å²) in [5, 5.41) is 11.0. The third kappa shape index (κ3) is 2.22. The highest BCUT2D eigenvalue weighted by atomic mass is 32.1. The molecule has 2 aromatic heterocycles. The first-order chi connectivity index (χ1) is 10.3. The van der Waals surface area contributed by atoms with E-state index in [1.54, 1.807) is 31.8 Å². The number of thiazole rings is 1. The maximum absolute atomic E-state index is 8.92. The van der Waals surface area contributed by atoms with E-state index in [2.05, 4.69) is 11.1 Å². The van der Waals surface area contributed by atoms with Crippen molar-refractivity contribution in [1.29, 1.82) is 5.26 Å². The Morgan fingerprint density at radius 1 is 1.29 bits per heavy atom. The van der Waals surface area contributed by atoms with Crippen LogP contribution in [0.4, 0.5) is 0 Å². The van der Waals surface area contributed by atoms with Crippen LogP contribution >= 0.6 is 11.3 Å². The Morgan fingerprint density at radius 3 is 2.81 bits per heavy atom. The number of rotatable bonds is 4. The Hall–Kier alpha value is -2.52. The lowest BCUT2D eigenvalue weighted by molar-refractivity contribution is 0.355. The minimum Gasteiger partial charge on any atom is -0.493 e. The molecule has 0 aliphatic heterocycles. The molecule has 0 aliphatic rings. The number of fused-ring (bicyclic) bond motifs is 1. The molecule has 0 bridgehead atoms. The molecule has 1 aromatic carbocycles. The van der Waals surface area contributed by atoms with E-state index in [9.17, 15) is 0 Å². The molecule has 0 amide bonds. The predicted octanol–water partition coefficient (Wildman–Crippen LogP) is 3.15. The number of methoxy groups -OCH3 is 2. The molecule has 0 spiro atoms. The predicted molar refractivity (Wildman–Crippen MR) is 80.9 cm³/mol. The van der Waals surface area contributed by atoms with Crippen LogP contribution in [0.15, 0.2) is 29.8 Å². The second-order valence-electron chi connectivity index (χ2n) is 4.39. The van der Waals surface area contributed by atoms with Crippen LogP contribution in [0.25, 0.3) is 16.2 Å². The lowest BCUT2D eigenvalue weighted by atomic mass is 10.1. The molecule has 0 atom stereocenters. The van der Waals surface area contributed by atoms with E-state index >= 15 is 0 Å². The van der Waals surface area contributed by atoms with Gasteiger partial charge in [0.15, 0.2) is 16.5 Å². The van der Waals surface area contributed by atoms with Crippen molar-refractivity contribution in [3.63, 3.8) is 0 Å². The Balaban J connectivity index is 2.16. The number of nitrogens with zero attached hydrogens (tertiary/aromatic N) is 3. The van der Waals surface area contributed by atoms with Gasteiger partial charge in [-0.2, -0.15) is 5.26 Å². The average molecular weight is 299 g/mol. The zero-order valence-electron chi connectivity index (χ0n) is 11.7. The third-order valence-corrected chi connectivity index (χ3v) is 4.10. The molecule has 0 aliphatic carbocycles. The smallest absolute Gasteiger partial charge is 0.194 e. The first-order valence-electron chi connectivity index (χ1n) is 6.31. The number of hydrogen-bond donors (Lipinski definition) is 0. The topological polar surface area (TPSA) is 59.5 Å². The van der Waals surface area contributed by atoms with E-state index < -0.39 is 0 Å². The Labute approximate surface area is 126 Å². The van der Waals surface area contributed by atoms with Gasteiger partial charge in [0.2, 0.25) is 0 Å². The van der Waals surface area contributed by atoms with Gasteiger partial charge in [0, 0.05) is 10.9 Å². The van der Waals surface area contributed by atoms with Crippen LogP contribution in [0.1, 0.15) is 5.69 Å². The zero-order chi connectivity index (χ0) is 14.8. The number of benzene rings is 1. The molecule has 0 unspecified atom stereocenters. The normalized spacial score (nSPS) is 10.5. The fourth-order valence-electron chi connectivity index (χ4n) is 2.27. The molecule has 3 rings (SSSR count). The summed E-state index contributed by atoms with van der Waals surface area (Å²) in [5.41, 5.74) is 2.88. The summed E-state index contributed by atoms with van der Waals surface area (Å²) in [4.78, 5) is 5.21. The van der Waals surface area contributed by atoms with Crippen molar-refractivity contribution in [3.05, 3.63) is 35.5 Å². The van der Waals surface area contributed by atoms with E-state index in [0.717, 1.165) is 21.9 Å². The summed E-state index contributed by atoms with van der Waals surface area (Å²) in [6, 6.07) is 7.94. The molecule has 0 saturated carbocycles. The highest BCUT2D eigenvalue weighted by molar-refractivity contribution is 7.15. The van der Waals surface area contributed by atoms with E-state index in [-0.39, 0.29) is 0 Å². The van der Waals surface area contributed by atoms with Gasteiger partial charge >= 0.3 is 0 Å². The summed E-state index contributed by atoms with van der Waals surface area (Å²) in [7, 11) is 3.23. The van der Waals surface area contributed by atoms with Crippen LogP contribution in [0, 0.1) is 11.3 Å². The van der Waals surface area contributed by atoms with E-state index in [1.165, 1.54) is 0 Å². The molecular formula is C15H13N3O2S. The summed E-state index contributed by atoms with van der Waals surface area (Å²) in [6.07, 6.45) is 2.08. The maximum Gasteiger partial charge on any atom is 0.194 e. The first kappa shape index (κ1) is 13.5. The van der Waals surface area contributed by atoms with Crippen LogP contribution < -0.4 is 9.47 Å². The minimum absolute atomic E-state index is 0.332. The van der Waals surface area contributed by atoms with Gasteiger partial charge in [-0.25, -0.2) is 4.98 Å². The molecule has 0 saturated heterocycles. The molecule has 106 valence electrons. The lowest BCUT2D eigenvalue weighted by Gasteiger charge is -2.09. The lowest BCUT2D eigenvalue weighted by Crippen LogP contribution is -1.94. The second kappa shape index (κ2) is 5.46. The van der Waals surface area contributed by atoms with Crippen molar-refractivity contribution in [2.75, 3.05) is 14.2 Å². The van der Waals surface area contributed by atoms with E-state index in [4.69, 9.17) is 14.7 Å². The number of aromatic nitrogens is 2. The molecule has 6 heteroatoms. The van der Waals surface area contributed by atoms with Gasteiger partial charge in [-0.05, 0) is 18.2 Å². The van der Waals surface area contributed by atoms with Crippen LogP contribution in [0.2, 0.25) is 0 Å². The van der Waals surface area contributed by atoms with Crippen LogP contribution in [-0.4, -0.2) is 23.6 Å². The van der Waals surface area contributed by atoms with Crippen molar-refractivity contribution in [2.45, 2.75) is 6.42 Å². The minimum atomic E-state index is 0.332. The quantitative estimate of drug-likeness (QED) is 0.742. The number of nitriles is 1. The average Bonchev–Trinajstić information content (AvgIpc) is 3.10. The van der Waals surface area contributed by atoms with Gasteiger partial charge in [0.05, 0.1) is 44.3 Å². The standard InChI is InChI=1S/C15H13N3O2S/c1-19-13-4-3-10(7-14(13)20-2)12-9-21-15-17-8-11(5-6-16)18(12)15/h3-4,7-9H,5H2,1-2H3. The largest absolute Gasteiger partial charge is 0.493 e. The van der Waals surface area contributed by atoms with E-state index in [0.29, 0.717) is 17.9 Å². The second-order valence-corrected chi connectivity index (χ2v) is 5.23. The molecular weight excluding hydrogens is 286 g/mol. The highest BCUT2D eigenvalue weighted by Crippen LogP contribution is 2.34. The van der Waals surface area contributed by atoms with Gasteiger partial charge < -0.3 is 9.47 Å². The molecule has 5 nitrogen and oxygen atoms in total. The summed E-state index contributed by atoms with van der Waals surface area (Å²) >= 11 is 1.55. The van der Waals surface area contributed by atoms with Crippen molar-refractivity contribution < 1.29 is 9.47 Å². The fraction of sp³-hybridized carbons (Fsp3) is 0.200. The van der Waals surface area contributed by atoms with Crippen molar-refractivity contribution in [1.82, 2.24) is 9.38 Å². The summed E-state index contributed by atoms with van der Waals surface area (Å²) < 4.78 is 12.6. The van der Waals surface area contributed by atoms with Gasteiger partial charge in [0.25, 0.3) is 0 Å².